The molecule has 0 spiro atoms. The predicted octanol–water partition coefficient (Wildman–Crippen LogP) is 3.26. The van der Waals surface area contributed by atoms with E-state index < -0.39 is 18.4 Å². The molecule has 32 heavy (non-hydrogen) atoms. The van der Waals surface area contributed by atoms with Crippen LogP contribution in [0, 0.1) is 5.53 Å². The van der Waals surface area contributed by atoms with E-state index >= 15 is 4.39 Å². The molecule has 12 heteroatoms. The maximum Gasteiger partial charge on any atom is 0.243 e. The van der Waals surface area contributed by atoms with Gasteiger partial charge in [0, 0.05) is 31.4 Å². The van der Waals surface area contributed by atoms with Gasteiger partial charge in [-0.25, -0.2) is 23.8 Å². The molecule has 0 aromatic carbocycles. The van der Waals surface area contributed by atoms with E-state index in [9.17, 15) is 4.39 Å². The molecule has 2 unspecified atom stereocenters. The van der Waals surface area contributed by atoms with Crippen molar-refractivity contribution < 1.29 is 8.78 Å². The highest BCUT2D eigenvalue weighted by atomic mass is 19.1. The molecule has 0 aliphatic carbocycles. The Labute approximate surface area is 183 Å². The second-order valence-electron chi connectivity index (χ2n) is 8.14. The van der Waals surface area contributed by atoms with E-state index in [0.717, 1.165) is 6.54 Å². The van der Waals surface area contributed by atoms with Gasteiger partial charge in [0.25, 0.3) is 0 Å². The molecule has 0 saturated carbocycles. The number of alkyl halides is 2. The van der Waals surface area contributed by atoms with Crippen molar-refractivity contribution in [2.75, 3.05) is 49.7 Å². The lowest BCUT2D eigenvalue weighted by atomic mass is 9.91. The van der Waals surface area contributed by atoms with Crippen LogP contribution in [0.15, 0.2) is 29.5 Å². The number of hydrogen-bond donors (Lipinski definition) is 4. The number of aromatic nitrogens is 4. The van der Waals surface area contributed by atoms with Crippen LogP contribution in [0.2, 0.25) is 0 Å². The molecule has 0 bridgehead atoms. The third-order valence-corrected chi connectivity index (χ3v) is 5.60. The standard InChI is InChI=1S/C20H26F2N10/c1-20(22)11-31(2)9-6-15(20)27-19-28-17(23)16-12(5-10-32(16)30-19)13-3-4-14(29-24)18(26-13)25-8-7-21/h3-5,10,15,24H,6-9,11H2,1-2H3,(H,25,26)(H3,23,27,28,30). The summed E-state index contributed by atoms with van der Waals surface area (Å²) >= 11 is 0. The van der Waals surface area contributed by atoms with Gasteiger partial charge in [-0.15, -0.1) is 5.10 Å². The summed E-state index contributed by atoms with van der Waals surface area (Å²) in [6.07, 6.45) is 2.34. The van der Waals surface area contributed by atoms with E-state index in [4.69, 9.17) is 11.3 Å². The Morgan fingerprint density at radius 3 is 2.88 bits per heavy atom. The predicted molar refractivity (Wildman–Crippen MR) is 119 cm³/mol. The largest absolute Gasteiger partial charge is 0.382 e. The number of nitrogens with one attached hydrogen (secondary N) is 3. The summed E-state index contributed by atoms with van der Waals surface area (Å²) in [6.45, 7) is 2.14. The highest BCUT2D eigenvalue weighted by Crippen LogP contribution is 2.32. The van der Waals surface area contributed by atoms with Crippen LogP contribution in [-0.2, 0) is 0 Å². The van der Waals surface area contributed by atoms with Gasteiger partial charge in [-0.1, -0.05) is 0 Å². The number of pyridine rings is 1. The molecular formula is C20H26F2N10. The Balaban J connectivity index is 1.66. The quantitative estimate of drug-likeness (QED) is 0.411. The molecule has 10 nitrogen and oxygen atoms in total. The Morgan fingerprint density at radius 1 is 1.34 bits per heavy atom. The van der Waals surface area contributed by atoms with Crippen molar-refractivity contribution in [1.29, 1.82) is 5.53 Å². The summed E-state index contributed by atoms with van der Waals surface area (Å²) in [5.41, 5.74) is 14.1. The lowest BCUT2D eigenvalue weighted by Crippen LogP contribution is -2.54. The van der Waals surface area contributed by atoms with Gasteiger partial charge in [-0.05, 0) is 38.6 Å². The third kappa shape index (κ3) is 4.17. The van der Waals surface area contributed by atoms with E-state index in [1.807, 2.05) is 11.9 Å². The Bertz CT molecular complexity index is 1130. The van der Waals surface area contributed by atoms with E-state index in [0.29, 0.717) is 41.2 Å². The molecule has 1 saturated heterocycles. The first-order valence-electron chi connectivity index (χ1n) is 10.3. The molecular weight excluding hydrogens is 418 g/mol. The fourth-order valence-corrected chi connectivity index (χ4v) is 4.05. The van der Waals surface area contributed by atoms with Crippen molar-refractivity contribution in [3.05, 3.63) is 24.4 Å². The number of rotatable bonds is 7. The van der Waals surface area contributed by atoms with E-state index in [1.165, 1.54) is 0 Å². The van der Waals surface area contributed by atoms with Crippen LogP contribution in [0.25, 0.3) is 16.8 Å². The zero-order valence-electron chi connectivity index (χ0n) is 17.9. The number of halogens is 2. The van der Waals surface area contributed by atoms with Gasteiger partial charge in [0.2, 0.25) is 5.95 Å². The van der Waals surface area contributed by atoms with Gasteiger partial charge in [0.15, 0.2) is 11.6 Å². The summed E-state index contributed by atoms with van der Waals surface area (Å²) in [5, 5.41) is 13.8. The van der Waals surface area contributed by atoms with Gasteiger partial charge >= 0.3 is 0 Å². The van der Waals surface area contributed by atoms with Crippen LogP contribution in [0.4, 0.5) is 32.1 Å². The minimum absolute atomic E-state index is 0.0558. The van der Waals surface area contributed by atoms with E-state index in [2.05, 4.69) is 30.8 Å². The van der Waals surface area contributed by atoms with Gasteiger partial charge in [0.05, 0.1) is 11.7 Å². The van der Waals surface area contributed by atoms with Crippen molar-refractivity contribution >= 4 is 28.8 Å². The number of hydrogen-bond acceptors (Lipinski definition) is 9. The fraction of sp³-hybridized carbons (Fsp3) is 0.450. The average Bonchev–Trinajstić information content (AvgIpc) is 3.18. The Hall–Kier alpha value is -3.41. The minimum atomic E-state index is -1.43. The summed E-state index contributed by atoms with van der Waals surface area (Å²) in [4.78, 5) is 10.8. The topological polar surface area (TPSA) is 133 Å². The molecule has 4 rings (SSSR count). The monoisotopic (exact) mass is 444 g/mol. The summed E-state index contributed by atoms with van der Waals surface area (Å²) in [6, 6.07) is 4.67. The third-order valence-electron chi connectivity index (χ3n) is 5.60. The van der Waals surface area contributed by atoms with Crippen molar-refractivity contribution in [1.82, 2.24) is 24.5 Å². The summed E-state index contributed by atoms with van der Waals surface area (Å²) in [5.74, 6) is 0.763. The summed E-state index contributed by atoms with van der Waals surface area (Å²) < 4.78 is 29.2. The van der Waals surface area contributed by atoms with Crippen LogP contribution < -0.4 is 16.4 Å². The SMILES string of the molecule is CN1CCC(Nc2nc(N)c3c(-c4ccc(N=N)c(NCCF)n4)ccn3n2)C(C)(F)C1. The molecule has 170 valence electrons. The Kier molecular flexibility index (Phi) is 5.87. The molecule has 1 fully saturated rings. The van der Waals surface area contributed by atoms with Crippen LogP contribution in [0.3, 0.4) is 0 Å². The molecule has 1 aliphatic heterocycles. The van der Waals surface area contributed by atoms with Crippen LogP contribution in [0.1, 0.15) is 13.3 Å². The van der Waals surface area contributed by atoms with Crippen molar-refractivity contribution in [3.63, 3.8) is 0 Å². The fourth-order valence-electron chi connectivity index (χ4n) is 4.05. The molecule has 4 heterocycles. The first-order chi connectivity index (χ1) is 15.3. The Morgan fingerprint density at radius 2 is 2.16 bits per heavy atom. The zero-order chi connectivity index (χ0) is 22.9. The van der Waals surface area contributed by atoms with Crippen molar-refractivity contribution in [3.8, 4) is 11.3 Å². The number of nitrogens with two attached hydrogens (primary N) is 1. The molecule has 2 atom stereocenters. The molecule has 5 N–H and O–H groups in total. The smallest absolute Gasteiger partial charge is 0.243 e. The maximum absolute atomic E-state index is 15.0. The zero-order valence-corrected chi connectivity index (χ0v) is 17.9. The first-order valence-corrected chi connectivity index (χ1v) is 10.3. The van der Waals surface area contributed by atoms with Gasteiger partial charge < -0.3 is 21.3 Å². The summed E-state index contributed by atoms with van der Waals surface area (Å²) in [7, 11) is 1.90. The number of likely N-dealkylation sites (tertiary alicyclic amines) is 1. The second kappa shape index (κ2) is 8.61. The highest BCUT2D eigenvalue weighted by molar-refractivity contribution is 5.87. The molecule has 1 aliphatic rings. The van der Waals surface area contributed by atoms with E-state index in [-0.39, 0.29) is 18.3 Å². The van der Waals surface area contributed by atoms with Crippen LogP contribution in [0.5, 0.6) is 0 Å². The molecule has 0 amide bonds. The number of nitrogen functional groups attached to an aromatic ring is 1. The van der Waals surface area contributed by atoms with Gasteiger partial charge in [0.1, 0.15) is 23.5 Å². The normalized spacial score (nSPS) is 21.6. The van der Waals surface area contributed by atoms with Gasteiger partial charge in [-0.3, -0.25) is 0 Å². The number of nitrogens with zero attached hydrogens (tertiary/aromatic N) is 6. The number of anilines is 3. The van der Waals surface area contributed by atoms with Crippen molar-refractivity contribution in [2.24, 2.45) is 5.11 Å². The number of fused-ring (bicyclic) bond motifs is 1. The molecule has 3 aromatic heterocycles. The van der Waals surface area contributed by atoms with Crippen LogP contribution in [-0.4, -0.2) is 69.5 Å². The average molecular weight is 444 g/mol. The minimum Gasteiger partial charge on any atom is -0.382 e. The van der Waals surface area contributed by atoms with Crippen LogP contribution >= 0.6 is 0 Å². The van der Waals surface area contributed by atoms with Crippen molar-refractivity contribution in [2.45, 2.75) is 25.1 Å². The first kappa shape index (κ1) is 21.8. The highest BCUT2D eigenvalue weighted by Gasteiger charge is 2.39. The number of piperidine rings is 1. The second-order valence-corrected chi connectivity index (χ2v) is 8.14. The molecule has 3 aromatic rings. The van der Waals surface area contributed by atoms with E-state index in [1.54, 1.807) is 35.8 Å². The maximum atomic E-state index is 15.0. The lowest BCUT2D eigenvalue weighted by molar-refractivity contribution is 0.0619. The van der Waals surface area contributed by atoms with Gasteiger partial charge in [-0.2, -0.15) is 10.1 Å². The lowest BCUT2D eigenvalue weighted by Gasteiger charge is -2.39. The molecule has 0 radical (unpaired) electrons.